The minimum absolute atomic E-state index is 0.0263. The van der Waals surface area contributed by atoms with Gasteiger partial charge in [-0.05, 0) is 37.5 Å². The van der Waals surface area contributed by atoms with Gasteiger partial charge >= 0.3 is 6.18 Å². The molecule has 12 heteroatoms. The van der Waals surface area contributed by atoms with Gasteiger partial charge in [-0.2, -0.15) is 23.5 Å². The summed E-state index contributed by atoms with van der Waals surface area (Å²) in [6.45, 7) is 3.66. The average Bonchev–Trinajstić information content (AvgIpc) is 3.22. The van der Waals surface area contributed by atoms with Gasteiger partial charge in [-0.15, -0.1) is 0 Å². The van der Waals surface area contributed by atoms with E-state index < -0.39 is 28.9 Å². The molecular weight excluding hydrogens is 461 g/mol. The molecule has 0 aromatic carbocycles. The van der Waals surface area contributed by atoms with Gasteiger partial charge in [-0.3, -0.25) is 9.78 Å². The summed E-state index contributed by atoms with van der Waals surface area (Å²) in [7, 11) is 0. The fraction of sp³-hybridized carbons (Fsp3) is 0.348. The van der Waals surface area contributed by atoms with E-state index in [4.69, 9.17) is 4.98 Å². The van der Waals surface area contributed by atoms with Crippen LogP contribution in [0, 0.1) is 11.3 Å². The molecule has 1 saturated carbocycles. The predicted molar refractivity (Wildman–Crippen MR) is 117 cm³/mol. The standard InChI is InChI=1S/C23H19F3N8O/c1-12(13-4-5-16(30-11-13)23(24,25)26)34-19-17(15(10-27)33-34)20(35)32-21(31-19)22(2)7-6-14(22)18-28-8-3-9-29-18/h3-5,8-9,11-12,14H,6-7H2,1-2H3,(H,31,32,35)/t12?,14-,22+/m0/s1. The molecule has 178 valence electrons. The highest BCUT2D eigenvalue weighted by Crippen LogP contribution is 2.52. The van der Waals surface area contributed by atoms with Crippen molar-refractivity contribution < 1.29 is 13.2 Å². The number of nitrogens with one attached hydrogen (secondary N) is 1. The molecule has 5 rings (SSSR count). The Bertz CT molecular complexity index is 1500. The van der Waals surface area contributed by atoms with E-state index in [2.05, 4.69) is 25.0 Å². The Balaban J connectivity index is 1.61. The van der Waals surface area contributed by atoms with Crippen molar-refractivity contribution in [1.82, 2.24) is 34.7 Å². The number of alkyl halides is 3. The molecule has 1 fully saturated rings. The van der Waals surface area contributed by atoms with Gasteiger partial charge in [0.15, 0.2) is 11.3 Å². The van der Waals surface area contributed by atoms with E-state index in [0.29, 0.717) is 17.2 Å². The molecule has 1 aliphatic rings. The van der Waals surface area contributed by atoms with Crippen molar-refractivity contribution in [1.29, 1.82) is 5.26 Å². The predicted octanol–water partition coefficient (Wildman–Crippen LogP) is 3.64. The van der Waals surface area contributed by atoms with Crippen molar-refractivity contribution in [3.8, 4) is 6.07 Å². The molecule has 0 saturated heterocycles. The number of nitrogens with zero attached hydrogens (tertiary/aromatic N) is 7. The number of aromatic amines is 1. The Kier molecular flexibility index (Phi) is 5.16. The second-order valence-electron chi connectivity index (χ2n) is 8.78. The second-order valence-corrected chi connectivity index (χ2v) is 8.78. The summed E-state index contributed by atoms with van der Waals surface area (Å²) in [4.78, 5) is 32.8. The van der Waals surface area contributed by atoms with Crippen molar-refractivity contribution in [3.05, 3.63) is 75.7 Å². The summed E-state index contributed by atoms with van der Waals surface area (Å²) in [5.74, 6) is 1.01. The first-order valence-electron chi connectivity index (χ1n) is 10.9. The summed E-state index contributed by atoms with van der Waals surface area (Å²) < 4.78 is 40.1. The Morgan fingerprint density at radius 3 is 2.57 bits per heavy atom. The van der Waals surface area contributed by atoms with E-state index >= 15 is 0 Å². The number of aromatic nitrogens is 7. The van der Waals surface area contributed by atoms with E-state index in [1.165, 1.54) is 10.7 Å². The second kappa shape index (κ2) is 7.97. The van der Waals surface area contributed by atoms with Gasteiger partial charge in [0.2, 0.25) is 0 Å². The van der Waals surface area contributed by atoms with Gasteiger partial charge in [0.1, 0.15) is 28.8 Å². The molecule has 1 unspecified atom stereocenters. The molecule has 0 aliphatic heterocycles. The minimum Gasteiger partial charge on any atom is -0.309 e. The Hall–Kier alpha value is -4.14. The summed E-state index contributed by atoms with van der Waals surface area (Å²) in [5, 5.41) is 13.9. The maximum absolute atomic E-state index is 13.1. The van der Waals surface area contributed by atoms with Gasteiger partial charge in [-0.25, -0.2) is 19.6 Å². The van der Waals surface area contributed by atoms with Gasteiger partial charge < -0.3 is 4.98 Å². The highest BCUT2D eigenvalue weighted by molar-refractivity contribution is 5.80. The topological polar surface area (TPSA) is 126 Å². The number of hydrogen-bond donors (Lipinski definition) is 1. The Labute approximate surface area is 196 Å². The molecule has 0 bridgehead atoms. The van der Waals surface area contributed by atoms with Crippen molar-refractivity contribution in [2.45, 2.75) is 50.2 Å². The first-order chi connectivity index (χ1) is 16.6. The zero-order valence-electron chi connectivity index (χ0n) is 18.7. The molecule has 9 nitrogen and oxygen atoms in total. The first-order valence-corrected chi connectivity index (χ1v) is 10.9. The molecule has 4 heterocycles. The molecule has 4 aromatic heterocycles. The number of pyridine rings is 1. The van der Waals surface area contributed by atoms with E-state index in [1.807, 2.05) is 13.0 Å². The molecule has 1 N–H and O–H groups in total. The smallest absolute Gasteiger partial charge is 0.309 e. The summed E-state index contributed by atoms with van der Waals surface area (Å²) in [6.07, 6.45) is 1.43. The molecule has 1 aliphatic carbocycles. The van der Waals surface area contributed by atoms with Crippen LogP contribution in [0.15, 0.2) is 41.6 Å². The van der Waals surface area contributed by atoms with Gasteiger partial charge in [0.05, 0.1) is 6.04 Å². The monoisotopic (exact) mass is 480 g/mol. The summed E-state index contributed by atoms with van der Waals surface area (Å²) >= 11 is 0. The number of nitriles is 1. The minimum atomic E-state index is -4.56. The summed E-state index contributed by atoms with van der Waals surface area (Å²) in [5.41, 5.74) is -1.59. The van der Waals surface area contributed by atoms with E-state index in [9.17, 15) is 23.2 Å². The summed E-state index contributed by atoms with van der Waals surface area (Å²) in [6, 6.07) is 5.18. The molecule has 0 radical (unpaired) electrons. The van der Waals surface area contributed by atoms with Crippen molar-refractivity contribution in [2.75, 3.05) is 0 Å². The van der Waals surface area contributed by atoms with Crippen molar-refractivity contribution in [3.63, 3.8) is 0 Å². The van der Waals surface area contributed by atoms with Crippen LogP contribution in [0.4, 0.5) is 13.2 Å². The fourth-order valence-corrected chi connectivity index (χ4v) is 4.54. The highest BCUT2D eigenvalue weighted by atomic mass is 19.4. The van der Waals surface area contributed by atoms with Crippen LogP contribution >= 0.6 is 0 Å². The first kappa shape index (κ1) is 22.6. The third-order valence-corrected chi connectivity index (χ3v) is 6.75. The molecule has 0 spiro atoms. The van der Waals surface area contributed by atoms with Crippen LogP contribution in [-0.2, 0) is 11.6 Å². The molecule has 0 amide bonds. The van der Waals surface area contributed by atoms with E-state index in [0.717, 1.165) is 25.1 Å². The van der Waals surface area contributed by atoms with Crippen LogP contribution in [0.3, 0.4) is 0 Å². The van der Waals surface area contributed by atoms with Gasteiger partial charge in [0, 0.05) is 29.9 Å². The Morgan fingerprint density at radius 1 is 1.26 bits per heavy atom. The maximum Gasteiger partial charge on any atom is 0.433 e. The van der Waals surface area contributed by atoms with Crippen molar-refractivity contribution >= 4 is 11.0 Å². The quantitative estimate of drug-likeness (QED) is 0.473. The Morgan fingerprint density at radius 2 is 2.00 bits per heavy atom. The SMILES string of the molecule is CC(c1ccc(C(F)(F)F)nc1)n1nc(C#N)c2c(=O)[nH]c([C@]3(C)CC[C@H]3c3ncccn3)nc21. The van der Waals surface area contributed by atoms with E-state index in [-0.39, 0.29) is 22.6 Å². The van der Waals surface area contributed by atoms with Crippen LogP contribution in [-0.4, -0.2) is 34.7 Å². The molecule has 3 atom stereocenters. The fourth-order valence-electron chi connectivity index (χ4n) is 4.54. The van der Waals surface area contributed by atoms with Gasteiger partial charge in [0.25, 0.3) is 5.56 Å². The average molecular weight is 480 g/mol. The lowest BCUT2D eigenvalue weighted by Crippen LogP contribution is -2.43. The van der Waals surface area contributed by atoms with Crippen LogP contribution in [0.25, 0.3) is 11.0 Å². The van der Waals surface area contributed by atoms with Crippen LogP contribution in [0.2, 0.25) is 0 Å². The van der Waals surface area contributed by atoms with Crippen molar-refractivity contribution in [2.24, 2.45) is 0 Å². The number of hydrogen-bond acceptors (Lipinski definition) is 7. The van der Waals surface area contributed by atoms with Crippen LogP contribution in [0.5, 0.6) is 0 Å². The lowest BCUT2D eigenvalue weighted by atomic mass is 9.60. The van der Waals surface area contributed by atoms with Gasteiger partial charge in [-0.1, -0.05) is 13.0 Å². The third-order valence-electron chi connectivity index (χ3n) is 6.75. The number of rotatable bonds is 4. The molecular formula is C23H19F3N8O. The maximum atomic E-state index is 13.1. The number of halogens is 3. The highest BCUT2D eigenvalue weighted by Gasteiger charge is 2.48. The number of H-pyrrole nitrogens is 1. The largest absolute Gasteiger partial charge is 0.433 e. The van der Waals surface area contributed by atoms with Crippen LogP contribution in [0.1, 0.15) is 67.2 Å². The zero-order chi connectivity index (χ0) is 25.0. The normalized spacial score (nSPS) is 20.9. The lowest BCUT2D eigenvalue weighted by Gasteiger charge is -2.45. The van der Waals surface area contributed by atoms with Crippen LogP contribution < -0.4 is 5.56 Å². The zero-order valence-corrected chi connectivity index (χ0v) is 18.7. The van der Waals surface area contributed by atoms with E-state index in [1.54, 1.807) is 25.4 Å². The third kappa shape index (κ3) is 3.63. The lowest BCUT2D eigenvalue weighted by molar-refractivity contribution is -0.141. The molecule has 4 aromatic rings. The number of fused-ring (bicyclic) bond motifs is 1. The molecule has 35 heavy (non-hydrogen) atoms.